The average Bonchev–Trinajstić information content (AvgIpc) is 2.92. The summed E-state index contributed by atoms with van der Waals surface area (Å²) in [4.78, 5) is 25.4. The summed E-state index contributed by atoms with van der Waals surface area (Å²) in [6.07, 6.45) is 0.457. The molecule has 1 heterocycles. The molecule has 0 aromatic heterocycles. The number of carbonyl (C=O) groups is 2. The van der Waals surface area contributed by atoms with Gasteiger partial charge in [0.25, 0.3) is 5.91 Å². The van der Waals surface area contributed by atoms with Crippen molar-refractivity contribution in [3.8, 4) is 11.5 Å². The highest BCUT2D eigenvalue weighted by molar-refractivity contribution is 7.91. The van der Waals surface area contributed by atoms with Gasteiger partial charge < -0.3 is 14.4 Å². The molecule has 1 unspecified atom stereocenters. The molecule has 1 saturated heterocycles. The molecule has 1 atom stereocenters. The first kappa shape index (κ1) is 19.2. The van der Waals surface area contributed by atoms with E-state index in [9.17, 15) is 18.0 Å². The molecule has 138 valence electrons. The molecule has 8 heteroatoms. The quantitative estimate of drug-likeness (QED) is 0.673. The molecule has 1 aliphatic rings. The summed E-state index contributed by atoms with van der Waals surface area (Å²) in [6, 6.07) is 4.45. The van der Waals surface area contributed by atoms with E-state index in [1.54, 1.807) is 23.1 Å². The van der Waals surface area contributed by atoms with Gasteiger partial charge in [-0.15, -0.1) is 0 Å². The van der Waals surface area contributed by atoms with Gasteiger partial charge in [0.2, 0.25) is 0 Å². The lowest BCUT2D eigenvalue weighted by atomic mass is 10.1. The molecule has 1 amide bonds. The average molecular weight is 369 g/mol. The van der Waals surface area contributed by atoms with Crippen molar-refractivity contribution < 1.29 is 27.5 Å². The minimum absolute atomic E-state index is 0.00318. The Morgan fingerprint density at radius 1 is 1.28 bits per heavy atom. The summed E-state index contributed by atoms with van der Waals surface area (Å²) >= 11 is 0. The van der Waals surface area contributed by atoms with Crippen LogP contribution in [-0.4, -0.2) is 62.8 Å². The fourth-order valence-electron chi connectivity index (χ4n) is 2.89. The SMILES string of the molecule is CCN(C(=O)COc1ccc(C(C)=O)cc1OC)C1CCS(=O)(=O)C1. The number of Topliss-reactive ketones (excluding diaryl/α,β-unsaturated/α-hetero) is 1. The number of benzene rings is 1. The smallest absolute Gasteiger partial charge is 0.260 e. The Kier molecular flexibility index (Phi) is 6.05. The van der Waals surface area contributed by atoms with Crippen molar-refractivity contribution in [3.05, 3.63) is 23.8 Å². The van der Waals surface area contributed by atoms with Crippen LogP contribution in [0.4, 0.5) is 0 Å². The molecule has 0 radical (unpaired) electrons. The number of carbonyl (C=O) groups excluding carboxylic acids is 2. The maximum atomic E-state index is 12.4. The maximum absolute atomic E-state index is 12.4. The normalized spacial score (nSPS) is 18.6. The molecule has 2 rings (SSSR count). The van der Waals surface area contributed by atoms with Gasteiger partial charge in [-0.3, -0.25) is 9.59 Å². The molecular formula is C17H23NO6S. The van der Waals surface area contributed by atoms with Gasteiger partial charge in [0.15, 0.2) is 33.7 Å². The van der Waals surface area contributed by atoms with Gasteiger partial charge >= 0.3 is 0 Å². The van der Waals surface area contributed by atoms with E-state index >= 15 is 0 Å². The topological polar surface area (TPSA) is 90.0 Å². The molecule has 0 aliphatic carbocycles. The van der Waals surface area contributed by atoms with E-state index in [1.807, 2.05) is 6.92 Å². The summed E-state index contributed by atoms with van der Waals surface area (Å²) < 4.78 is 34.0. The first-order valence-electron chi connectivity index (χ1n) is 8.09. The van der Waals surface area contributed by atoms with E-state index in [0.29, 0.717) is 30.0 Å². The van der Waals surface area contributed by atoms with Crippen LogP contribution < -0.4 is 9.47 Å². The Hall–Kier alpha value is -2.09. The summed E-state index contributed by atoms with van der Waals surface area (Å²) in [6.45, 7) is 3.46. The van der Waals surface area contributed by atoms with E-state index in [-0.39, 0.29) is 35.8 Å². The number of sulfone groups is 1. The van der Waals surface area contributed by atoms with E-state index in [1.165, 1.54) is 14.0 Å². The van der Waals surface area contributed by atoms with Crippen LogP contribution in [0.5, 0.6) is 11.5 Å². The summed E-state index contributed by atoms with van der Waals surface area (Å²) in [5, 5.41) is 0. The minimum Gasteiger partial charge on any atom is -0.493 e. The van der Waals surface area contributed by atoms with Crippen LogP contribution in [0, 0.1) is 0 Å². The van der Waals surface area contributed by atoms with Crippen LogP contribution in [0.1, 0.15) is 30.6 Å². The van der Waals surface area contributed by atoms with Crippen molar-refractivity contribution in [2.24, 2.45) is 0 Å². The van der Waals surface area contributed by atoms with Crippen LogP contribution in [0.15, 0.2) is 18.2 Å². The number of methoxy groups -OCH3 is 1. The predicted molar refractivity (Wildman–Crippen MR) is 92.9 cm³/mol. The second-order valence-electron chi connectivity index (χ2n) is 5.95. The molecule has 1 fully saturated rings. The molecule has 0 N–H and O–H groups in total. The Morgan fingerprint density at radius 3 is 2.52 bits per heavy atom. The van der Waals surface area contributed by atoms with Gasteiger partial charge in [-0.2, -0.15) is 0 Å². The Labute approximate surface area is 147 Å². The fourth-order valence-corrected chi connectivity index (χ4v) is 4.62. The number of nitrogens with zero attached hydrogens (tertiary/aromatic N) is 1. The number of hydrogen-bond acceptors (Lipinski definition) is 6. The molecule has 0 saturated carbocycles. The third-order valence-corrected chi connectivity index (χ3v) is 5.98. The molecule has 1 aromatic rings. The number of rotatable bonds is 7. The molecule has 0 bridgehead atoms. The molecule has 25 heavy (non-hydrogen) atoms. The maximum Gasteiger partial charge on any atom is 0.260 e. The highest BCUT2D eigenvalue weighted by Gasteiger charge is 2.34. The summed E-state index contributed by atoms with van der Waals surface area (Å²) in [7, 11) is -1.61. The minimum atomic E-state index is -3.06. The van der Waals surface area contributed by atoms with Crippen LogP contribution in [-0.2, 0) is 14.6 Å². The van der Waals surface area contributed by atoms with Crippen LogP contribution in [0.3, 0.4) is 0 Å². The third-order valence-electron chi connectivity index (χ3n) is 4.23. The lowest BCUT2D eigenvalue weighted by Crippen LogP contribution is -2.43. The van der Waals surface area contributed by atoms with Crippen LogP contribution >= 0.6 is 0 Å². The zero-order valence-corrected chi connectivity index (χ0v) is 15.5. The fraction of sp³-hybridized carbons (Fsp3) is 0.529. The van der Waals surface area contributed by atoms with Gasteiger partial charge in [-0.1, -0.05) is 0 Å². The molecule has 1 aliphatic heterocycles. The lowest BCUT2D eigenvalue weighted by molar-refractivity contribution is -0.135. The van der Waals surface area contributed by atoms with Crippen LogP contribution in [0.25, 0.3) is 0 Å². The van der Waals surface area contributed by atoms with E-state index in [0.717, 1.165) is 0 Å². The van der Waals surface area contributed by atoms with Crippen molar-refractivity contribution in [1.82, 2.24) is 4.90 Å². The largest absolute Gasteiger partial charge is 0.493 e. The zero-order valence-electron chi connectivity index (χ0n) is 14.6. The number of ketones is 1. The monoisotopic (exact) mass is 369 g/mol. The standard InChI is InChI=1S/C17H23NO6S/c1-4-18(14-7-8-25(21,22)11-14)17(20)10-24-15-6-5-13(12(2)19)9-16(15)23-3/h5-6,9,14H,4,7-8,10-11H2,1-3H3. The highest BCUT2D eigenvalue weighted by atomic mass is 32.2. The van der Waals surface area contributed by atoms with Gasteiger partial charge in [-0.25, -0.2) is 8.42 Å². The second-order valence-corrected chi connectivity index (χ2v) is 8.18. The lowest BCUT2D eigenvalue weighted by Gasteiger charge is -2.26. The number of hydrogen-bond donors (Lipinski definition) is 0. The van der Waals surface area contributed by atoms with Gasteiger partial charge in [0.05, 0.1) is 18.6 Å². The van der Waals surface area contributed by atoms with Crippen molar-refractivity contribution in [2.75, 3.05) is 31.8 Å². The van der Waals surface area contributed by atoms with Gasteiger partial charge in [-0.05, 0) is 38.5 Å². The number of amides is 1. The molecule has 0 spiro atoms. The Bertz CT molecular complexity index is 758. The molecule has 1 aromatic carbocycles. The Balaban J connectivity index is 2.04. The third kappa shape index (κ3) is 4.72. The van der Waals surface area contributed by atoms with Crippen molar-refractivity contribution in [1.29, 1.82) is 0 Å². The zero-order chi connectivity index (χ0) is 18.6. The molecule has 7 nitrogen and oxygen atoms in total. The van der Waals surface area contributed by atoms with Crippen LogP contribution in [0.2, 0.25) is 0 Å². The highest BCUT2D eigenvalue weighted by Crippen LogP contribution is 2.28. The second kappa shape index (κ2) is 7.86. The van der Waals surface area contributed by atoms with E-state index in [4.69, 9.17) is 9.47 Å². The van der Waals surface area contributed by atoms with E-state index in [2.05, 4.69) is 0 Å². The first-order chi connectivity index (χ1) is 11.8. The van der Waals surface area contributed by atoms with E-state index < -0.39 is 9.84 Å². The summed E-state index contributed by atoms with van der Waals surface area (Å²) in [5.41, 5.74) is 0.488. The predicted octanol–water partition coefficient (Wildman–Crippen LogP) is 1.31. The van der Waals surface area contributed by atoms with Crippen molar-refractivity contribution in [2.45, 2.75) is 26.3 Å². The molecular weight excluding hydrogens is 346 g/mol. The van der Waals surface area contributed by atoms with Crippen molar-refractivity contribution >= 4 is 21.5 Å². The van der Waals surface area contributed by atoms with Gasteiger partial charge in [0.1, 0.15) is 0 Å². The Morgan fingerprint density at radius 2 is 2.00 bits per heavy atom. The number of ether oxygens (including phenoxy) is 2. The first-order valence-corrected chi connectivity index (χ1v) is 9.91. The van der Waals surface area contributed by atoms with Crippen molar-refractivity contribution in [3.63, 3.8) is 0 Å². The van der Waals surface area contributed by atoms with Gasteiger partial charge in [0, 0.05) is 18.2 Å². The summed E-state index contributed by atoms with van der Waals surface area (Å²) in [5.74, 6) is 0.469. The number of likely N-dealkylation sites (N-methyl/N-ethyl adjacent to an activating group) is 1.